The molecule has 0 aliphatic heterocycles. The number of hydrogen-bond donors (Lipinski definition) is 1. The number of aryl methyl sites for hydroxylation is 1. The van der Waals surface area contributed by atoms with Gasteiger partial charge in [0, 0.05) is 23.8 Å². The van der Waals surface area contributed by atoms with E-state index in [0.29, 0.717) is 19.5 Å². The molecule has 21 heavy (non-hydrogen) atoms. The fourth-order valence-corrected chi connectivity index (χ4v) is 2.60. The van der Waals surface area contributed by atoms with E-state index in [0.717, 1.165) is 22.8 Å². The molecule has 0 saturated carbocycles. The van der Waals surface area contributed by atoms with Crippen molar-refractivity contribution in [2.24, 2.45) is 5.73 Å². The summed E-state index contributed by atoms with van der Waals surface area (Å²) in [6.45, 7) is 2.84. The van der Waals surface area contributed by atoms with Crippen molar-refractivity contribution in [3.63, 3.8) is 0 Å². The maximum atomic E-state index is 12.6. The third-order valence-electron chi connectivity index (χ3n) is 2.89. The molecule has 1 aromatic carbocycles. The van der Waals surface area contributed by atoms with Crippen molar-refractivity contribution in [1.82, 2.24) is 9.36 Å². The highest BCUT2D eigenvalue weighted by Crippen LogP contribution is 2.34. The first-order valence-electron chi connectivity index (χ1n) is 6.37. The van der Waals surface area contributed by atoms with E-state index >= 15 is 0 Å². The zero-order valence-electron chi connectivity index (χ0n) is 11.4. The van der Waals surface area contributed by atoms with Crippen molar-refractivity contribution >= 4 is 22.4 Å². The summed E-state index contributed by atoms with van der Waals surface area (Å²) in [4.78, 5) is 5.35. The van der Waals surface area contributed by atoms with Crippen LogP contribution in [0.2, 0.25) is 0 Å². The van der Waals surface area contributed by atoms with Crippen molar-refractivity contribution in [1.29, 1.82) is 0 Å². The molecule has 114 valence electrons. The lowest BCUT2D eigenvalue weighted by Crippen LogP contribution is -2.22. The molecule has 0 bridgehead atoms. The number of aromatic nitrogens is 2. The fraction of sp³-hybridized carbons (Fsp3) is 0.385. The van der Waals surface area contributed by atoms with E-state index in [1.807, 2.05) is 31.2 Å². The second kappa shape index (κ2) is 6.40. The van der Waals surface area contributed by atoms with Crippen LogP contribution < -0.4 is 10.6 Å². The van der Waals surface area contributed by atoms with Gasteiger partial charge in [-0.15, -0.1) is 0 Å². The maximum Gasteiger partial charge on any atom is 0.452 e. The third kappa shape index (κ3) is 3.70. The van der Waals surface area contributed by atoms with E-state index in [4.69, 9.17) is 5.73 Å². The molecule has 0 atom stereocenters. The van der Waals surface area contributed by atoms with Gasteiger partial charge in [0.1, 0.15) is 0 Å². The summed E-state index contributed by atoms with van der Waals surface area (Å²) >= 11 is 0.742. The third-order valence-corrected chi connectivity index (χ3v) is 3.63. The predicted molar refractivity (Wildman–Crippen MR) is 76.8 cm³/mol. The fourth-order valence-electron chi connectivity index (χ4n) is 1.88. The Morgan fingerprint density at radius 2 is 2.00 bits per heavy atom. The average molecular weight is 316 g/mol. The number of rotatable bonds is 5. The molecular weight excluding hydrogens is 301 g/mol. The minimum Gasteiger partial charge on any atom is -0.330 e. The molecule has 0 fully saturated rings. The Hall–Kier alpha value is -1.67. The van der Waals surface area contributed by atoms with Crippen LogP contribution in [-0.4, -0.2) is 22.4 Å². The van der Waals surface area contributed by atoms with E-state index in [2.05, 4.69) is 9.36 Å². The zero-order valence-corrected chi connectivity index (χ0v) is 12.2. The molecule has 2 aromatic rings. The number of nitrogens with zero attached hydrogens (tertiary/aromatic N) is 3. The minimum atomic E-state index is -4.53. The molecule has 4 nitrogen and oxygen atoms in total. The molecule has 0 saturated heterocycles. The van der Waals surface area contributed by atoms with Crippen LogP contribution >= 0.6 is 11.5 Å². The molecule has 0 spiro atoms. The Kier molecular flexibility index (Phi) is 4.79. The van der Waals surface area contributed by atoms with Crippen LogP contribution in [0.4, 0.5) is 24.0 Å². The van der Waals surface area contributed by atoms with Crippen LogP contribution in [0, 0.1) is 6.92 Å². The molecule has 8 heteroatoms. The van der Waals surface area contributed by atoms with Crippen LogP contribution in [0.15, 0.2) is 24.3 Å². The van der Waals surface area contributed by atoms with E-state index in [-0.39, 0.29) is 5.13 Å². The van der Waals surface area contributed by atoms with Crippen molar-refractivity contribution in [3.8, 4) is 0 Å². The summed E-state index contributed by atoms with van der Waals surface area (Å²) in [5, 5.41) is 0.227. The molecule has 0 amide bonds. The highest BCUT2D eigenvalue weighted by molar-refractivity contribution is 7.09. The normalized spacial score (nSPS) is 11.7. The van der Waals surface area contributed by atoms with Crippen LogP contribution in [0.3, 0.4) is 0 Å². The first kappa shape index (κ1) is 15.7. The van der Waals surface area contributed by atoms with Gasteiger partial charge in [-0.2, -0.15) is 22.5 Å². The van der Waals surface area contributed by atoms with E-state index in [1.165, 1.54) is 0 Å². The first-order valence-corrected chi connectivity index (χ1v) is 7.15. The predicted octanol–water partition coefficient (Wildman–Crippen LogP) is 3.35. The van der Waals surface area contributed by atoms with Crippen molar-refractivity contribution in [2.45, 2.75) is 19.5 Å². The summed E-state index contributed by atoms with van der Waals surface area (Å²) < 4.78 is 41.3. The highest BCUT2D eigenvalue weighted by Gasteiger charge is 2.36. The smallest absolute Gasteiger partial charge is 0.330 e. The number of benzene rings is 1. The van der Waals surface area contributed by atoms with Gasteiger partial charge in [0.15, 0.2) is 0 Å². The molecule has 1 heterocycles. The van der Waals surface area contributed by atoms with Gasteiger partial charge in [-0.3, -0.25) is 0 Å². The Morgan fingerprint density at radius 1 is 1.29 bits per heavy atom. The Balaban J connectivity index is 2.37. The maximum absolute atomic E-state index is 12.6. The highest BCUT2D eigenvalue weighted by atomic mass is 32.1. The molecular formula is C13H15F3N4S. The second-order valence-corrected chi connectivity index (χ2v) is 5.21. The van der Waals surface area contributed by atoms with Crippen molar-refractivity contribution < 1.29 is 13.2 Å². The molecule has 2 N–H and O–H groups in total. The lowest BCUT2D eigenvalue weighted by Gasteiger charge is -2.23. The standard InChI is InChI=1S/C13H15F3N4S/c1-9-5-2-3-6-10(9)20(8-4-7-17)12-18-11(19-21-12)13(14,15)16/h2-3,5-6H,4,7-8,17H2,1H3. The Morgan fingerprint density at radius 3 is 2.57 bits per heavy atom. The van der Waals surface area contributed by atoms with E-state index in [1.54, 1.807) is 4.90 Å². The summed E-state index contributed by atoms with van der Waals surface area (Å²) in [7, 11) is 0. The quantitative estimate of drug-likeness (QED) is 0.919. The van der Waals surface area contributed by atoms with Gasteiger partial charge in [-0.05, 0) is 31.5 Å². The van der Waals surface area contributed by atoms with Gasteiger partial charge in [0.2, 0.25) is 11.0 Å². The lowest BCUT2D eigenvalue weighted by atomic mass is 10.2. The summed E-state index contributed by atoms with van der Waals surface area (Å²) in [6, 6.07) is 7.46. The van der Waals surface area contributed by atoms with Crippen LogP contribution in [0.25, 0.3) is 0 Å². The number of nitrogens with two attached hydrogens (primary N) is 1. The molecule has 0 aliphatic carbocycles. The molecule has 2 rings (SSSR count). The largest absolute Gasteiger partial charge is 0.452 e. The summed E-state index contributed by atoms with van der Waals surface area (Å²) in [5.74, 6) is -1.10. The molecule has 0 radical (unpaired) electrons. The molecule has 1 aromatic heterocycles. The second-order valence-electron chi connectivity index (χ2n) is 4.48. The van der Waals surface area contributed by atoms with Crippen LogP contribution in [0.5, 0.6) is 0 Å². The van der Waals surface area contributed by atoms with Gasteiger partial charge >= 0.3 is 6.18 Å². The lowest BCUT2D eigenvalue weighted by molar-refractivity contribution is -0.144. The van der Waals surface area contributed by atoms with Gasteiger partial charge < -0.3 is 10.6 Å². The van der Waals surface area contributed by atoms with Crippen molar-refractivity contribution in [3.05, 3.63) is 35.7 Å². The Bertz CT molecular complexity index is 597. The first-order chi connectivity index (χ1) is 9.93. The molecule has 0 aliphatic rings. The number of hydrogen-bond acceptors (Lipinski definition) is 5. The zero-order chi connectivity index (χ0) is 15.5. The number of para-hydroxylation sites is 1. The number of alkyl halides is 3. The van der Waals surface area contributed by atoms with Crippen molar-refractivity contribution in [2.75, 3.05) is 18.0 Å². The monoisotopic (exact) mass is 316 g/mol. The summed E-state index contributed by atoms with van der Waals surface area (Å²) in [6.07, 6.45) is -3.88. The van der Waals surface area contributed by atoms with Gasteiger partial charge in [-0.1, -0.05) is 18.2 Å². The number of anilines is 2. The van der Waals surface area contributed by atoms with E-state index in [9.17, 15) is 13.2 Å². The van der Waals surface area contributed by atoms with Crippen LogP contribution in [0.1, 0.15) is 17.8 Å². The molecule has 0 unspecified atom stereocenters. The van der Waals surface area contributed by atoms with E-state index < -0.39 is 12.0 Å². The minimum absolute atomic E-state index is 0.227. The average Bonchev–Trinajstić information content (AvgIpc) is 2.91. The van der Waals surface area contributed by atoms with Crippen LogP contribution in [-0.2, 0) is 6.18 Å². The van der Waals surface area contributed by atoms with Gasteiger partial charge in [0.25, 0.3) is 0 Å². The summed E-state index contributed by atoms with van der Waals surface area (Å²) in [5.41, 5.74) is 7.28. The Labute approximate surface area is 124 Å². The number of halogens is 3. The van der Waals surface area contributed by atoms with Gasteiger partial charge in [0.05, 0.1) is 0 Å². The van der Waals surface area contributed by atoms with Gasteiger partial charge in [-0.25, -0.2) is 0 Å². The topological polar surface area (TPSA) is 55.0 Å². The SMILES string of the molecule is Cc1ccccc1N(CCCN)c1nc(C(F)(F)F)ns1.